The first kappa shape index (κ1) is 21.0. The van der Waals surface area contributed by atoms with Gasteiger partial charge in [-0.3, -0.25) is 9.59 Å². The summed E-state index contributed by atoms with van der Waals surface area (Å²) in [5, 5.41) is 7.01. The van der Waals surface area contributed by atoms with Gasteiger partial charge in [0.2, 0.25) is 0 Å². The summed E-state index contributed by atoms with van der Waals surface area (Å²) in [4.78, 5) is 27.4. The number of aromatic nitrogens is 2. The predicted octanol–water partition coefficient (Wildman–Crippen LogP) is 4.29. The highest BCUT2D eigenvalue weighted by Gasteiger charge is 2.21. The van der Waals surface area contributed by atoms with Gasteiger partial charge in [0.05, 0.1) is 5.69 Å². The van der Waals surface area contributed by atoms with Gasteiger partial charge < -0.3 is 4.90 Å². The van der Waals surface area contributed by atoms with Crippen LogP contribution in [0.25, 0.3) is 0 Å². The molecule has 2 aromatic carbocycles. The zero-order chi connectivity index (χ0) is 21.8. The number of aromatic amines is 1. The molecule has 1 aromatic heterocycles. The quantitative estimate of drug-likeness (QED) is 0.653. The zero-order valence-corrected chi connectivity index (χ0v) is 18.2. The lowest BCUT2D eigenvalue weighted by Gasteiger charge is -2.27. The number of H-pyrrole nitrogens is 1. The van der Waals surface area contributed by atoms with Crippen LogP contribution in [-0.4, -0.2) is 27.0 Å². The second-order valence-electron chi connectivity index (χ2n) is 8.55. The highest BCUT2D eigenvalue weighted by molar-refractivity contribution is 5.94. The van der Waals surface area contributed by atoms with Crippen LogP contribution in [-0.2, 0) is 25.8 Å². The molecule has 1 amide bonds. The van der Waals surface area contributed by atoms with Gasteiger partial charge in [-0.05, 0) is 68.4 Å². The molecule has 31 heavy (non-hydrogen) atoms. The van der Waals surface area contributed by atoms with E-state index in [0.717, 1.165) is 53.6 Å². The fraction of sp³-hybridized carbons (Fsp3) is 0.346. The fourth-order valence-electron chi connectivity index (χ4n) is 4.32. The van der Waals surface area contributed by atoms with Gasteiger partial charge in [0.25, 0.3) is 11.5 Å². The Kier molecular flexibility index (Phi) is 6.31. The third kappa shape index (κ3) is 4.76. The van der Waals surface area contributed by atoms with Crippen LogP contribution in [0.2, 0.25) is 0 Å². The first-order valence-electron chi connectivity index (χ1n) is 11.1. The van der Waals surface area contributed by atoms with Gasteiger partial charge in [0, 0.05) is 30.1 Å². The normalized spacial score (nSPS) is 13.1. The molecular weight excluding hydrogens is 386 g/mol. The van der Waals surface area contributed by atoms with Gasteiger partial charge in [-0.1, -0.05) is 42.5 Å². The molecule has 5 nitrogen and oxygen atoms in total. The number of hydrogen-bond acceptors (Lipinski definition) is 3. The molecule has 0 spiro atoms. The lowest BCUT2D eigenvalue weighted by atomic mass is 9.90. The van der Waals surface area contributed by atoms with Crippen molar-refractivity contribution in [2.75, 3.05) is 0 Å². The molecule has 5 heteroatoms. The van der Waals surface area contributed by atoms with Gasteiger partial charge in [0.1, 0.15) is 0 Å². The lowest BCUT2D eigenvalue weighted by molar-refractivity contribution is 0.0690. The number of amides is 1. The van der Waals surface area contributed by atoms with Crippen molar-refractivity contribution in [1.82, 2.24) is 15.1 Å². The number of hydrogen-bond donors (Lipinski definition) is 1. The second-order valence-corrected chi connectivity index (χ2v) is 8.55. The zero-order valence-electron chi connectivity index (χ0n) is 18.2. The molecule has 0 saturated carbocycles. The Balaban J connectivity index is 1.58. The summed E-state index contributed by atoms with van der Waals surface area (Å²) in [5.41, 5.74) is 5.67. The number of nitrogens with zero attached hydrogens (tertiary/aromatic N) is 2. The molecule has 1 N–H and O–H groups in total. The summed E-state index contributed by atoms with van der Waals surface area (Å²) in [7, 11) is 0. The minimum atomic E-state index is -0.0594. The maximum absolute atomic E-state index is 13.3. The number of carbonyl (C=O) groups is 1. The maximum atomic E-state index is 13.3. The van der Waals surface area contributed by atoms with E-state index in [2.05, 4.69) is 10.2 Å². The van der Waals surface area contributed by atoms with Gasteiger partial charge in [-0.15, -0.1) is 0 Å². The van der Waals surface area contributed by atoms with Gasteiger partial charge in [0.15, 0.2) is 0 Å². The second kappa shape index (κ2) is 9.29. The molecule has 1 heterocycles. The van der Waals surface area contributed by atoms with Gasteiger partial charge in [-0.2, -0.15) is 5.10 Å². The monoisotopic (exact) mass is 415 g/mol. The number of fused-ring (bicyclic) bond motifs is 1. The number of nitrogens with one attached hydrogen (secondary N) is 1. The molecule has 0 fully saturated rings. The summed E-state index contributed by atoms with van der Waals surface area (Å²) in [5.74, 6) is 0.0251. The smallest absolute Gasteiger partial charge is 0.267 e. The minimum absolute atomic E-state index is 0.0251. The van der Waals surface area contributed by atoms with Gasteiger partial charge in [-0.25, -0.2) is 5.10 Å². The molecule has 0 unspecified atom stereocenters. The third-order valence-corrected chi connectivity index (χ3v) is 6.01. The Bertz CT molecular complexity index is 1120. The summed E-state index contributed by atoms with van der Waals surface area (Å²) in [6, 6.07) is 18.0. The molecule has 160 valence electrons. The fourth-order valence-corrected chi connectivity index (χ4v) is 4.32. The maximum Gasteiger partial charge on any atom is 0.267 e. The van der Waals surface area contributed by atoms with Crippen LogP contribution in [0, 0.1) is 0 Å². The van der Waals surface area contributed by atoms with Crippen molar-refractivity contribution in [2.24, 2.45) is 0 Å². The topological polar surface area (TPSA) is 66.1 Å². The van der Waals surface area contributed by atoms with Crippen LogP contribution in [0.1, 0.15) is 65.0 Å². The van der Waals surface area contributed by atoms with Crippen molar-refractivity contribution in [3.05, 3.63) is 98.5 Å². The van der Waals surface area contributed by atoms with E-state index in [9.17, 15) is 9.59 Å². The van der Waals surface area contributed by atoms with Crippen molar-refractivity contribution < 1.29 is 4.79 Å². The van der Waals surface area contributed by atoms with Crippen LogP contribution in [0.5, 0.6) is 0 Å². The third-order valence-electron chi connectivity index (χ3n) is 6.01. The van der Waals surface area contributed by atoms with E-state index < -0.39 is 0 Å². The Morgan fingerprint density at radius 1 is 1.00 bits per heavy atom. The van der Waals surface area contributed by atoms with Crippen LogP contribution in [0.3, 0.4) is 0 Å². The van der Waals surface area contributed by atoms with Crippen molar-refractivity contribution in [1.29, 1.82) is 0 Å². The van der Waals surface area contributed by atoms with E-state index in [-0.39, 0.29) is 17.5 Å². The first-order chi connectivity index (χ1) is 15.0. The van der Waals surface area contributed by atoms with Crippen LogP contribution in [0.15, 0.2) is 59.4 Å². The summed E-state index contributed by atoms with van der Waals surface area (Å²) >= 11 is 0. The van der Waals surface area contributed by atoms with E-state index in [1.54, 1.807) is 0 Å². The highest BCUT2D eigenvalue weighted by Crippen LogP contribution is 2.23. The molecular formula is C26H29N3O2. The molecule has 1 aliphatic carbocycles. The Morgan fingerprint density at radius 3 is 2.45 bits per heavy atom. The molecule has 3 aromatic rings. The molecule has 4 rings (SSSR count). The van der Waals surface area contributed by atoms with Crippen LogP contribution < -0.4 is 5.56 Å². The largest absolute Gasteiger partial charge is 0.332 e. The minimum Gasteiger partial charge on any atom is -0.332 e. The highest BCUT2D eigenvalue weighted by atomic mass is 16.2. The Labute approximate surface area is 183 Å². The number of rotatable bonds is 6. The summed E-state index contributed by atoms with van der Waals surface area (Å²) in [6.45, 7) is 4.67. The van der Waals surface area contributed by atoms with Gasteiger partial charge >= 0.3 is 0 Å². The Morgan fingerprint density at radius 2 is 1.71 bits per heavy atom. The van der Waals surface area contributed by atoms with Crippen molar-refractivity contribution in [2.45, 2.75) is 58.5 Å². The van der Waals surface area contributed by atoms with E-state index in [4.69, 9.17) is 0 Å². The van der Waals surface area contributed by atoms with Crippen LogP contribution >= 0.6 is 0 Å². The lowest BCUT2D eigenvalue weighted by Crippen LogP contribution is -2.36. The van der Waals surface area contributed by atoms with E-state index in [1.165, 1.54) is 0 Å². The average molecular weight is 416 g/mol. The molecule has 0 bridgehead atoms. The van der Waals surface area contributed by atoms with E-state index >= 15 is 0 Å². The van der Waals surface area contributed by atoms with Crippen LogP contribution in [0.4, 0.5) is 0 Å². The molecule has 1 aliphatic rings. The number of carbonyl (C=O) groups excluding carboxylic acids is 1. The van der Waals surface area contributed by atoms with E-state index in [1.807, 2.05) is 73.3 Å². The predicted molar refractivity (Wildman–Crippen MR) is 122 cm³/mol. The molecule has 0 saturated heterocycles. The first-order valence-corrected chi connectivity index (χ1v) is 11.1. The summed E-state index contributed by atoms with van der Waals surface area (Å²) < 4.78 is 0. The Hall–Kier alpha value is -3.21. The van der Waals surface area contributed by atoms with E-state index in [0.29, 0.717) is 18.5 Å². The van der Waals surface area contributed by atoms with Crippen molar-refractivity contribution >= 4 is 5.91 Å². The molecule has 0 atom stereocenters. The average Bonchev–Trinajstić information content (AvgIpc) is 2.80. The standard InChI is InChI=1S/C26H29N3O2/c1-18(2)29(17-19-9-4-3-5-10-19)26(31)21-12-8-11-20(15-21)16-24-22-13-6-7-14-23(22)25(30)28-27-24/h3-5,8-12,15,18H,6-7,13-14,16-17H2,1-2H3,(H,28,30). The summed E-state index contributed by atoms with van der Waals surface area (Å²) in [6.07, 6.45) is 4.48. The SMILES string of the molecule is CC(C)N(Cc1ccccc1)C(=O)c1cccc(Cc2n[nH]c(=O)c3c2CCCC3)c1. The number of benzene rings is 2. The van der Waals surface area contributed by atoms with Crippen molar-refractivity contribution in [3.63, 3.8) is 0 Å². The molecule has 0 aliphatic heterocycles. The van der Waals surface area contributed by atoms with Crippen molar-refractivity contribution in [3.8, 4) is 0 Å². The molecule has 0 radical (unpaired) electrons.